The standard InChI is InChI=1S/C13H13ClN2O/c14-12-4-2-1-3-11(12)9(8-15)7-13(17)16-10-5-6-10/h1-4,9-10H,5-7H2,(H,16,17). The van der Waals surface area contributed by atoms with Crippen LogP contribution >= 0.6 is 11.6 Å². The van der Waals surface area contributed by atoms with Crippen molar-refractivity contribution in [2.24, 2.45) is 0 Å². The Morgan fingerprint density at radius 3 is 2.82 bits per heavy atom. The molecule has 1 aromatic carbocycles. The Balaban J connectivity index is 2.03. The molecule has 1 saturated carbocycles. The molecule has 1 aromatic rings. The van der Waals surface area contributed by atoms with Crippen molar-refractivity contribution in [1.82, 2.24) is 5.32 Å². The van der Waals surface area contributed by atoms with Gasteiger partial charge in [-0.25, -0.2) is 0 Å². The van der Waals surface area contributed by atoms with E-state index in [4.69, 9.17) is 16.9 Å². The summed E-state index contributed by atoms with van der Waals surface area (Å²) in [6, 6.07) is 9.63. The number of carbonyl (C=O) groups excluding carboxylic acids is 1. The van der Waals surface area contributed by atoms with Gasteiger partial charge in [0.25, 0.3) is 0 Å². The lowest BCUT2D eigenvalue weighted by Gasteiger charge is -2.11. The largest absolute Gasteiger partial charge is 0.353 e. The van der Waals surface area contributed by atoms with Gasteiger partial charge in [-0.15, -0.1) is 0 Å². The zero-order valence-corrected chi connectivity index (χ0v) is 10.1. The number of nitrogens with zero attached hydrogens (tertiary/aromatic N) is 1. The zero-order valence-electron chi connectivity index (χ0n) is 9.32. The van der Waals surface area contributed by atoms with E-state index in [1.54, 1.807) is 12.1 Å². The predicted octanol–water partition coefficient (Wildman–Crippen LogP) is 2.62. The number of nitrogens with one attached hydrogen (secondary N) is 1. The Hall–Kier alpha value is -1.53. The first-order valence-corrected chi connectivity index (χ1v) is 6.02. The number of amides is 1. The Bertz CT molecular complexity index is 463. The molecule has 0 bridgehead atoms. The highest BCUT2D eigenvalue weighted by atomic mass is 35.5. The van der Waals surface area contributed by atoms with Gasteiger partial charge in [0.15, 0.2) is 0 Å². The van der Waals surface area contributed by atoms with E-state index in [9.17, 15) is 4.79 Å². The fraction of sp³-hybridized carbons (Fsp3) is 0.385. The molecule has 17 heavy (non-hydrogen) atoms. The third-order valence-corrected chi connectivity index (χ3v) is 3.11. The smallest absolute Gasteiger partial charge is 0.221 e. The number of hydrogen-bond acceptors (Lipinski definition) is 2. The van der Waals surface area contributed by atoms with Crippen molar-refractivity contribution in [3.63, 3.8) is 0 Å². The monoisotopic (exact) mass is 248 g/mol. The van der Waals surface area contributed by atoms with E-state index >= 15 is 0 Å². The van der Waals surface area contributed by atoms with Crippen molar-refractivity contribution in [1.29, 1.82) is 5.26 Å². The summed E-state index contributed by atoms with van der Waals surface area (Å²) in [6.45, 7) is 0. The van der Waals surface area contributed by atoms with Crippen molar-refractivity contribution in [2.45, 2.75) is 31.2 Å². The fourth-order valence-electron chi connectivity index (χ4n) is 1.68. The molecule has 1 N–H and O–H groups in total. The predicted molar refractivity (Wildman–Crippen MR) is 65.6 cm³/mol. The van der Waals surface area contributed by atoms with Gasteiger partial charge in [-0.05, 0) is 24.5 Å². The van der Waals surface area contributed by atoms with Crippen LogP contribution in [0.5, 0.6) is 0 Å². The number of nitriles is 1. The van der Waals surface area contributed by atoms with Crippen LogP contribution in [0.4, 0.5) is 0 Å². The van der Waals surface area contributed by atoms with E-state index in [0.29, 0.717) is 11.1 Å². The SMILES string of the molecule is N#CC(CC(=O)NC1CC1)c1ccccc1Cl. The summed E-state index contributed by atoms with van der Waals surface area (Å²) in [6.07, 6.45) is 2.28. The highest BCUT2D eigenvalue weighted by Gasteiger charge is 2.25. The Morgan fingerprint density at radius 1 is 1.53 bits per heavy atom. The minimum atomic E-state index is -0.470. The lowest BCUT2D eigenvalue weighted by Crippen LogP contribution is -2.26. The van der Waals surface area contributed by atoms with Gasteiger partial charge in [0.05, 0.1) is 12.0 Å². The molecule has 3 nitrogen and oxygen atoms in total. The van der Waals surface area contributed by atoms with Gasteiger partial charge in [0.2, 0.25) is 5.91 Å². The van der Waals surface area contributed by atoms with Crippen LogP contribution in [0, 0.1) is 11.3 Å². The van der Waals surface area contributed by atoms with Crippen LogP contribution in [-0.4, -0.2) is 11.9 Å². The summed E-state index contributed by atoms with van der Waals surface area (Å²) >= 11 is 6.02. The molecule has 1 atom stereocenters. The summed E-state index contributed by atoms with van der Waals surface area (Å²) in [4.78, 5) is 11.6. The third-order valence-electron chi connectivity index (χ3n) is 2.77. The molecule has 1 fully saturated rings. The summed E-state index contributed by atoms with van der Waals surface area (Å²) in [5.41, 5.74) is 0.725. The van der Waals surface area contributed by atoms with Gasteiger partial charge in [0, 0.05) is 17.5 Å². The van der Waals surface area contributed by atoms with Crippen LogP contribution in [0.1, 0.15) is 30.7 Å². The average molecular weight is 249 g/mol. The van der Waals surface area contributed by atoms with E-state index < -0.39 is 5.92 Å². The molecule has 0 aromatic heterocycles. The van der Waals surface area contributed by atoms with E-state index in [2.05, 4.69) is 11.4 Å². The van der Waals surface area contributed by atoms with Crippen molar-refractivity contribution < 1.29 is 4.79 Å². The van der Waals surface area contributed by atoms with Gasteiger partial charge in [-0.3, -0.25) is 4.79 Å². The van der Waals surface area contributed by atoms with Gasteiger partial charge in [0.1, 0.15) is 0 Å². The molecule has 0 saturated heterocycles. The molecule has 0 heterocycles. The van der Waals surface area contributed by atoms with Gasteiger partial charge in [-0.2, -0.15) is 5.26 Å². The molecule has 4 heteroatoms. The van der Waals surface area contributed by atoms with Crippen molar-refractivity contribution in [3.8, 4) is 6.07 Å². The van der Waals surface area contributed by atoms with Crippen molar-refractivity contribution in [2.75, 3.05) is 0 Å². The first-order valence-electron chi connectivity index (χ1n) is 5.64. The molecule has 0 radical (unpaired) electrons. The third kappa shape index (κ3) is 3.21. The second-order valence-electron chi connectivity index (χ2n) is 4.25. The molecule has 1 aliphatic rings. The average Bonchev–Trinajstić information content (AvgIpc) is 3.11. The summed E-state index contributed by atoms with van der Waals surface area (Å²) < 4.78 is 0. The second-order valence-corrected chi connectivity index (χ2v) is 4.66. The Labute approximate surface area is 105 Å². The lowest BCUT2D eigenvalue weighted by atomic mass is 9.97. The molecule has 88 valence electrons. The highest BCUT2D eigenvalue weighted by molar-refractivity contribution is 6.31. The molecule has 2 rings (SSSR count). The number of carbonyl (C=O) groups is 1. The first-order chi connectivity index (χ1) is 8.20. The molecule has 1 aliphatic carbocycles. The summed E-state index contributed by atoms with van der Waals surface area (Å²) in [7, 11) is 0. The molecular formula is C13H13ClN2O. The Kier molecular flexibility index (Phi) is 3.65. The van der Waals surface area contributed by atoms with E-state index in [1.807, 2.05) is 12.1 Å². The number of rotatable bonds is 4. The van der Waals surface area contributed by atoms with E-state index in [-0.39, 0.29) is 12.3 Å². The van der Waals surface area contributed by atoms with E-state index in [0.717, 1.165) is 18.4 Å². The maximum atomic E-state index is 11.6. The number of hydrogen-bond donors (Lipinski definition) is 1. The molecule has 1 amide bonds. The zero-order chi connectivity index (χ0) is 12.3. The molecular weight excluding hydrogens is 236 g/mol. The Morgan fingerprint density at radius 2 is 2.24 bits per heavy atom. The fourth-order valence-corrected chi connectivity index (χ4v) is 1.95. The van der Waals surface area contributed by atoms with Gasteiger partial charge in [-0.1, -0.05) is 29.8 Å². The minimum absolute atomic E-state index is 0.0704. The van der Waals surface area contributed by atoms with Crippen LogP contribution in [0.25, 0.3) is 0 Å². The summed E-state index contributed by atoms with van der Waals surface area (Å²) in [5, 5.41) is 12.5. The molecule has 0 aliphatic heterocycles. The maximum absolute atomic E-state index is 11.6. The van der Waals surface area contributed by atoms with Gasteiger partial charge >= 0.3 is 0 Å². The number of halogens is 1. The van der Waals surface area contributed by atoms with E-state index in [1.165, 1.54) is 0 Å². The highest BCUT2D eigenvalue weighted by Crippen LogP contribution is 2.27. The number of benzene rings is 1. The maximum Gasteiger partial charge on any atom is 0.221 e. The summed E-state index contributed by atoms with van der Waals surface area (Å²) in [5.74, 6) is -0.540. The normalized spacial score (nSPS) is 16.0. The van der Waals surface area contributed by atoms with Gasteiger partial charge < -0.3 is 5.32 Å². The quantitative estimate of drug-likeness (QED) is 0.891. The van der Waals surface area contributed by atoms with Crippen LogP contribution < -0.4 is 5.32 Å². The molecule has 1 unspecified atom stereocenters. The minimum Gasteiger partial charge on any atom is -0.353 e. The van der Waals surface area contributed by atoms with Crippen LogP contribution in [0.15, 0.2) is 24.3 Å². The van der Waals surface area contributed by atoms with Crippen LogP contribution in [0.3, 0.4) is 0 Å². The molecule has 0 spiro atoms. The van der Waals surface area contributed by atoms with Crippen LogP contribution in [0.2, 0.25) is 5.02 Å². The topological polar surface area (TPSA) is 52.9 Å². The first kappa shape index (κ1) is 11.9. The van der Waals surface area contributed by atoms with Crippen LogP contribution in [-0.2, 0) is 4.79 Å². The van der Waals surface area contributed by atoms with Crippen molar-refractivity contribution in [3.05, 3.63) is 34.9 Å². The second kappa shape index (κ2) is 5.20. The lowest BCUT2D eigenvalue weighted by molar-refractivity contribution is -0.121. The van der Waals surface area contributed by atoms with Crippen molar-refractivity contribution >= 4 is 17.5 Å².